The van der Waals surface area contributed by atoms with Crippen LogP contribution in [0.3, 0.4) is 0 Å². The lowest BCUT2D eigenvalue weighted by atomic mass is 10.0. The van der Waals surface area contributed by atoms with Crippen LogP contribution in [-0.2, 0) is 4.79 Å². The zero-order valence-electron chi connectivity index (χ0n) is 13.5. The van der Waals surface area contributed by atoms with Crippen LogP contribution in [-0.4, -0.2) is 17.1 Å². The fourth-order valence-electron chi connectivity index (χ4n) is 2.47. The van der Waals surface area contributed by atoms with Gasteiger partial charge in [-0.2, -0.15) is 0 Å². The normalized spacial score (nSPS) is 15.7. The molecule has 1 atom stereocenters. The Bertz CT molecular complexity index is 902. The largest absolute Gasteiger partial charge is 0.452 e. The average Bonchev–Trinajstić information content (AvgIpc) is 2.86. The third kappa shape index (κ3) is 3.42. The van der Waals surface area contributed by atoms with Crippen LogP contribution in [0.25, 0.3) is 6.08 Å². The van der Waals surface area contributed by atoms with Gasteiger partial charge in [-0.05, 0) is 37.6 Å². The average molecular weight is 361 g/mol. The summed E-state index contributed by atoms with van der Waals surface area (Å²) in [6, 6.07) is 9.08. The molecule has 2 aromatic carbocycles. The van der Waals surface area contributed by atoms with Gasteiger partial charge in [0.15, 0.2) is 5.76 Å². The zero-order valence-corrected chi connectivity index (χ0v) is 14.3. The molecule has 1 heterocycles. The maximum absolute atomic E-state index is 13.8. The Kier molecular flexibility index (Phi) is 4.59. The topological polar surface area (TPSA) is 52.6 Å². The number of halogens is 2. The molecular weight excluding hydrogens is 347 g/mol. The van der Waals surface area contributed by atoms with Gasteiger partial charge in [-0.3, -0.25) is 9.59 Å². The summed E-state index contributed by atoms with van der Waals surface area (Å²) in [5.74, 6) is -0.903. The molecule has 0 radical (unpaired) electrons. The van der Waals surface area contributed by atoms with E-state index in [0.717, 1.165) is 0 Å². The van der Waals surface area contributed by atoms with Crippen LogP contribution >= 0.6 is 11.6 Å². The number of ketones is 1. The Morgan fingerprint density at radius 2 is 2.04 bits per heavy atom. The number of carbonyl (C=O) groups is 2. The molecule has 2 aromatic rings. The van der Waals surface area contributed by atoms with Crippen molar-refractivity contribution in [2.24, 2.45) is 0 Å². The molecule has 6 heteroatoms. The molecular formula is C19H14ClFO4. The molecule has 0 spiro atoms. The van der Waals surface area contributed by atoms with E-state index in [9.17, 15) is 14.0 Å². The van der Waals surface area contributed by atoms with E-state index in [0.29, 0.717) is 11.1 Å². The Morgan fingerprint density at radius 1 is 1.32 bits per heavy atom. The summed E-state index contributed by atoms with van der Waals surface area (Å²) in [6.07, 6.45) is 1.35. The molecule has 25 heavy (non-hydrogen) atoms. The van der Waals surface area contributed by atoms with Crippen molar-refractivity contribution in [3.63, 3.8) is 0 Å². The minimum atomic E-state index is -0.798. The van der Waals surface area contributed by atoms with Crippen LogP contribution in [0, 0.1) is 12.7 Å². The van der Waals surface area contributed by atoms with Crippen LogP contribution in [0.15, 0.2) is 42.2 Å². The van der Waals surface area contributed by atoms with E-state index >= 15 is 0 Å². The predicted octanol–water partition coefficient (Wildman–Crippen LogP) is 4.28. The number of hydrogen-bond acceptors (Lipinski definition) is 4. The van der Waals surface area contributed by atoms with E-state index in [2.05, 4.69) is 0 Å². The number of aryl methyl sites for hydroxylation is 1. The molecule has 0 saturated heterocycles. The Hall–Kier alpha value is -2.66. The number of allylic oxidation sites excluding steroid dienone is 1. The summed E-state index contributed by atoms with van der Waals surface area (Å²) in [5.41, 5.74) is 1.20. The lowest BCUT2D eigenvalue weighted by molar-refractivity contribution is -0.133. The Morgan fingerprint density at radius 3 is 2.72 bits per heavy atom. The number of rotatable bonds is 3. The van der Waals surface area contributed by atoms with E-state index in [4.69, 9.17) is 21.1 Å². The van der Waals surface area contributed by atoms with Crippen LogP contribution in [0.1, 0.15) is 28.4 Å². The molecule has 1 unspecified atom stereocenters. The van der Waals surface area contributed by atoms with Crippen molar-refractivity contribution in [3.05, 3.63) is 64.7 Å². The smallest absolute Gasteiger partial charge is 0.329 e. The molecule has 1 aliphatic heterocycles. The molecule has 0 bridgehead atoms. The molecule has 1 aliphatic rings. The van der Waals surface area contributed by atoms with Gasteiger partial charge in [0, 0.05) is 11.6 Å². The fraction of sp³-hybridized carbons (Fsp3) is 0.158. The van der Waals surface area contributed by atoms with Crippen molar-refractivity contribution in [2.75, 3.05) is 0 Å². The lowest BCUT2D eigenvalue weighted by Gasteiger charge is -2.08. The van der Waals surface area contributed by atoms with Gasteiger partial charge in [0.05, 0.1) is 5.56 Å². The van der Waals surface area contributed by atoms with E-state index < -0.39 is 17.2 Å². The van der Waals surface area contributed by atoms with E-state index in [1.807, 2.05) is 0 Å². The fourth-order valence-corrected chi connectivity index (χ4v) is 2.51. The Labute approximate surface area is 148 Å². The van der Waals surface area contributed by atoms with Gasteiger partial charge in [0.2, 0.25) is 5.78 Å². The van der Waals surface area contributed by atoms with Gasteiger partial charge in [-0.25, -0.2) is 4.39 Å². The van der Waals surface area contributed by atoms with Crippen molar-refractivity contribution < 1.29 is 23.5 Å². The van der Waals surface area contributed by atoms with Gasteiger partial charge in [-0.1, -0.05) is 18.2 Å². The number of benzene rings is 2. The molecule has 0 amide bonds. The highest BCUT2D eigenvalue weighted by molar-refractivity contribution is 6.29. The van der Waals surface area contributed by atoms with E-state index in [1.54, 1.807) is 31.2 Å². The molecule has 0 N–H and O–H groups in total. The highest BCUT2D eigenvalue weighted by atomic mass is 35.5. The number of alkyl halides is 1. The second kappa shape index (κ2) is 6.69. The number of fused-ring (bicyclic) bond motifs is 1. The van der Waals surface area contributed by atoms with Crippen LogP contribution in [0.5, 0.6) is 11.5 Å². The molecule has 0 aliphatic carbocycles. The number of esters is 1. The molecule has 3 rings (SSSR count). The standard InChI is InChI=1S/C19H14ClFO4/c1-10-7-13(24-19(23)11(2)20)9-15-17(10)18(22)16(25-15)8-12-5-3-4-6-14(12)21/h3-9,11H,1-2H3/b16-8-. The van der Waals surface area contributed by atoms with Gasteiger partial charge in [0.25, 0.3) is 0 Å². The molecule has 0 saturated carbocycles. The van der Waals surface area contributed by atoms with Gasteiger partial charge >= 0.3 is 5.97 Å². The van der Waals surface area contributed by atoms with Crippen molar-refractivity contribution in [1.29, 1.82) is 0 Å². The van der Waals surface area contributed by atoms with Crippen molar-refractivity contribution in [3.8, 4) is 11.5 Å². The minimum Gasteiger partial charge on any atom is -0.452 e. The highest BCUT2D eigenvalue weighted by Crippen LogP contribution is 2.37. The maximum Gasteiger partial charge on any atom is 0.329 e. The van der Waals surface area contributed by atoms with Crippen molar-refractivity contribution in [1.82, 2.24) is 0 Å². The van der Waals surface area contributed by atoms with Crippen molar-refractivity contribution >= 4 is 29.4 Å². The molecule has 4 nitrogen and oxygen atoms in total. The number of carbonyl (C=O) groups excluding carboxylic acids is 2. The van der Waals surface area contributed by atoms with Crippen LogP contribution in [0.2, 0.25) is 0 Å². The maximum atomic E-state index is 13.8. The number of ether oxygens (including phenoxy) is 2. The van der Waals surface area contributed by atoms with Gasteiger partial charge < -0.3 is 9.47 Å². The quantitative estimate of drug-likeness (QED) is 0.355. The summed E-state index contributed by atoms with van der Waals surface area (Å²) in [5, 5.41) is -0.798. The first kappa shape index (κ1) is 17.2. The number of Topliss-reactive ketones (excluding diaryl/α,β-unsaturated/α-hetero) is 1. The zero-order chi connectivity index (χ0) is 18.1. The lowest BCUT2D eigenvalue weighted by Crippen LogP contribution is -2.17. The van der Waals surface area contributed by atoms with Crippen molar-refractivity contribution in [2.45, 2.75) is 19.2 Å². The summed E-state index contributed by atoms with van der Waals surface area (Å²) >= 11 is 5.68. The first-order valence-corrected chi connectivity index (χ1v) is 7.99. The summed E-state index contributed by atoms with van der Waals surface area (Å²) in [6.45, 7) is 3.20. The summed E-state index contributed by atoms with van der Waals surface area (Å²) < 4.78 is 24.5. The van der Waals surface area contributed by atoms with E-state index in [1.165, 1.54) is 25.1 Å². The molecule has 0 fully saturated rings. The van der Waals surface area contributed by atoms with E-state index in [-0.39, 0.29) is 28.6 Å². The molecule has 128 valence electrons. The minimum absolute atomic E-state index is 0.0115. The molecule has 0 aromatic heterocycles. The van der Waals surface area contributed by atoms with Crippen LogP contribution < -0.4 is 9.47 Å². The third-order valence-electron chi connectivity index (χ3n) is 3.68. The monoisotopic (exact) mass is 360 g/mol. The summed E-state index contributed by atoms with van der Waals surface area (Å²) in [4.78, 5) is 24.1. The Balaban J connectivity index is 1.95. The SMILES string of the molecule is Cc1cc(OC(=O)C(C)Cl)cc2c1C(=O)/C(=C/c1ccccc1F)O2. The predicted molar refractivity (Wildman–Crippen MR) is 91.5 cm³/mol. The highest BCUT2D eigenvalue weighted by Gasteiger charge is 2.30. The van der Waals surface area contributed by atoms with Gasteiger partial charge in [0.1, 0.15) is 22.7 Å². The second-order valence-corrected chi connectivity index (χ2v) is 6.27. The van der Waals surface area contributed by atoms with Crippen LogP contribution in [0.4, 0.5) is 4.39 Å². The first-order chi connectivity index (χ1) is 11.9. The summed E-state index contributed by atoms with van der Waals surface area (Å²) in [7, 11) is 0. The number of hydrogen-bond donors (Lipinski definition) is 0. The first-order valence-electron chi connectivity index (χ1n) is 7.56. The van der Waals surface area contributed by atoms with Gasteiger partial charge in [-0.15, -0.1) is 11.6 Å². The third-order valence-corrected chi connectivity index (χ3v) is 3.86. The second-order valence-electron chi connectivity index (χ2n) is 5.61.